The van der Waals surface area contributed by atoms with Crippen LogP contribution in [-0.4, -0.2) is 63.2 Å². The Morgan fingerprint density at radius 2 is 2.15 bits per heavy atom. The Kier molecular flexibility index (Phi) is 7.22. The molecule has 1 saturated heterocycles. The Labute approximate surface area is 197 Å². The molecule has 0 spiro atoms. The van der Waals surface area contributed by atoms with E-state index in [1.807, 2.05) is 25.1 Å². The van der Waals surface area contributed by atoms with E-state index < -0.39 is 0 Å². The van der Waals surface area contributed by atoms with Crippen LogP contribution in [0, 0.1) is 6.92 Å². The lowest BCUT2D eigenvalue weighted by molar-refractivity contribution is 0.0729. The number of nitrogens with one attached hydrogen (secondary N) is 1. The Balaban J connectivity index is 1.53. The third kappa shape index (κ3) is 5.32. The Morgan fingerprint density at radius 3 is 2.88 bits per heavy atom. The van der Waals surface area contributed by atoms with Crippen molar-refractivity contribution in [1.29, 1.82) is 0 Å². The molecule has 10 heteroatoms. The molecule has 3 aromatic rings. The van der Waals surface area contributed by atoms with Crippen LogP contribution in [0.1, 0.15) is 40.5 Å². The van der Waals surface area contributed by atoms with Crippen LogP contribution in [0.4, 0.5) is 5.95 Å². The van der Waals surface area contributed by atoms with Gasteiger partial charge in [-0.1, -0.05) is 23.7 Å². The number of likely N-dealkylation sites (N-methyl/N-ethyl adjacent to an activating group) is 1. The van der Waals surface area contributed by atoms with Gasteiger partial charge in [0.2, 0.25) is 5.95 Å². The molecule has 3 N–H and O–H groups in total. The van der Waals surface area contributed by atoms with Gasteiger partial charge in [0.1, 0.15) is 17.8 Å². The van der Waals surface area contributed by atoms with Crippen LogP contribution in [0.25, 0.3) is 5.82 Å². The summed E-state index contributed by atoms with van der Waals surface area (Å²) >= 11 is 6.12. The lowest BCUT2D eigenvalue weighted by atomic mass is 10.1. The Bertz CT molecular complexity index is 1110. The van der Waals surface area contributed by atoms with Gasteiger partial charge in [-0.3, -0.25) is 9.36 Å². The maximum Gasteiger partial charge on any atom is 0.274 e. The number of nitrogens with two attached hydrogens (primary N) is 1. The summed E-state index contributed by atoms with van der Waals surface area (Å²) in [6.45, 7) is 3.64. The molecule has 0 bridgehead atoms. The number of ether oxygens (including phenoxy) is 1. The zero-order chi connectivity index (χ0) is 23.4. The van der Waals surface area contributed by atoms with Crippen molar-refractivity contribution in [2.75, 3.05) is 32.1 Å². The number of aromatic nitrogens is 4. The normalized spacial score (nSPS) is 15.3. The average molecular weight is 470 g/mol. The molecule has 0 unspecified atom stereocenters. The fourth-order valence-electron chi connectivity index (χ4n) is 3.89. The minimum atomic E-state index is -0.322. The van der Waals surface area contributed by atoms with Crippen LogP contribution < -0.4 is 11.1 Å². The van der Waals surface area contributed by atoms with Crippen molar-refractivity contribution in [2.24, 2.45) is 5.73 Å². The van der Waals surface area contributed by atoms with Gasteiger partial charge in [0.15, 0.2) is 0 Å². The molecule has 2 aromatic heterocycles. The molecule has 1 aliphatic rings. The molecule has 9 nitrogen and oxygen atoms in total. The van der Waals surface area contributed by atoms with Crippen molar-refractivity contribution in [3.05, 3.63) is 64.8 Å². The number of anilines is 1. The summed E-state index contributed by atoms with van der Waals surface area (Å²) in [4.78, 5) is 28.2. The largest absolute Gasteiger partial charge is 0.381 e. The molecular formula is C23H28ClN7O2. The Hall–Kier alpha value is -3.01. The molecule has 4 rings (SSSR count). The fraction of sp³-hybridized carbons (Fsp3) is 0.391. The van der Waals surface area contributed by atoms with Crippen molar-refractivity contribution in [2.45, 2.75) is 31.8 Å². The number of amides is 1. The number of rotatable bonds is 7. The Morgan fingerprint density at radius 1 is 1.36 bits per heavy atom. The van der Waals surface area contributed by atoms with Crippen molar-refractivity contribution in [3.8, 4) is 5.82 Å². The number of aryl methyl sites for hydroxylation is 1. The van der Waals surface area contributed by atoms with Gasteiger partial charge < -0.3 is 20.7 Å². The lowest BCUT2D eigenvalue weighted by Crippen LogP contribution is -2.35. The molecule has 0 saturated carbocycles. The van der Waals surface area contributed by atoms with Crippen LogP contribution in [-0.2, 0) is 4.74 Å². The SMILES string of the molecule is Cc1cnc(NC2CCOCC2)nc1-n1cnc(C(=O)N(C)[C@H](CN)c2cccc(Cl)c2)c1. The standard InChI is InChI=1S/C23H28ClN7O2/c1-15-12-26-23(28-18-6-8-33-9-7-18)29-21(15)31-13-19(27-14-31)22(32)30(2)20(11-25)16-4-3-5-17(24)10-16/h3-5,10,12-14,18,20H,6-9,11,25H2,1-2H3,(H,26,28,29)/t20-/m1/s1. The summed E-state index contributed by atoms with van der Waals surface area (Å²) in [5, 5.41) is 3.97. The van der Waals surface area contributed by atoms with Crippen LogP contribution >= 0.6 is 11.6 Å². The number of halogens is 1. The lowest BCUT2D eigenvalue weighted by Gasteiger charge is -2.27. The third-order valence-corrected chi connectivity index (χ3v) is 6.03. The van der Waals surface area contributed by atoms with E-state index in [0.29, 0.717) is 22.5 Å². The second kappa shape index (κ2) is 10.3. The molecule has 1 aromatic carbocycles. The van der Waals surface area contributed by atoms with Crippen LogP contribution in [0.5, 0.6) is 0 Å². The number of carbonyl (C=O) groups excluding carboxylic acids is 1. The first-order valence-electron chi connectivity index (χ1n) is 10.9. The predicted octanol–water partition coefficient (Wildman–Crippen LogP) is 2.99. The summed E-state index contributed by atoms with van der Waals surface area (Å²) in [5.41, 5.74) is 8.03. The number of carbonyl (C=O) groups is 1. The number of hydrogen-bond donors (Lipinski definition) is 2. The highest BCUT2D eigenvalue weighted by Gasteiger charge is 2.24. The second-order valence-electron chi connectivity index (χ2n) is 8.12. The first-order chi connectivity index (χ1) is 16.0. The van der Waals surface area contributed by atoms with Crippen LogP contribution in [0.15, 0.2) is 43.0 Å². The average Bonchev–Trinajstić information content (AvgIpc) is 3.31. The van der Waals surface area contributed by atoms with Gasteiger partial charge >= 0.3 is 0 Å². The molecular weight excluding hydrogens is 442 g/mol. The van der Waals surface area contributed by atoms with Crippen molar-refractivity contribution < 1.29 is 9.53 Å². The van der Waals surface area contributed by atoms with Crippen molar-refractivity contribution in [1.82, 2.24) is 24.4 Å². The number of benzene rings is 1. The quantitative estimate of drug-likeness (QED) is 0.547. The van der Waals surface area contributed by atoms with E-state index in [4.69, 9.17) is 22.1 Å². The summed E-state index contributed by atoms with van der Waals surface area (Å²) in [7, 11) is 1.71. The summed E-state index contributed by atoms with van der Waals surface area (Å²) in [5.74, 6) is 0.973. The highest BCUT2D eigenvalue weighted by Crippen LogP contribution is 2.23. The minimum Gasteiger partial charge on any atom is -0.381 e. The molecule has 1 atom stereocenters. The van der Waals surface area contributed by atoms with Gasteiger partial charge in [-0.15, -0.1) is 0 Å². The van der Waals surface area contributed by atoms with E-state index in [1.165, 1.54) is 0 Å². The molecule has 0 aliphatic carbocycles. The maximum atomic E-state index is 13.2. The van der Waals surface area contributed by atoms with Gasteiger partial charge in [-0.2, -0.15) is 4.98 Å². The highest BCUT2D eigenvalue weighted by molar-refractivity contribution is 6.30. The summed E-state index contributed by atoms with van der Waals surface area (Å²) in [6.07, 6.45) is 6.86. The zero-order valence-electron chi connectivity index (χ0n) is 18.7. The first-order valence-corrected chi connectivity index (χ1v) is 11.3. The van der Waals surface area contributed by atoms with E-state index >= 15 is 0 Å². The van der Waals surface area contributed by atoms with Gasteiger partial charge in [0, 0.05) is 55.8 Å². The molecule has 1 amide bonds. The van der Waals surface area contributed by atoms with Gasteiger partial charge in [-0.05, 0) is 37.5 Å². The fourth-order valence-corrected chi connectivity index (χ4v) is 4.09. The highest BCUT2D eigenvalue weighted by atomic mass is 35.5. The van der Waals surface area contributed by atoms with Crippen LogP contribution in [0.2, 0.25) is 5.02 Å². The molecule has 1 fully saturated rings. The van der Waals surface area contributed by atoms with Gasteiger partial charge in [-0.25, -0.2) is 9.97 Å². The van der Waals surface area contributed by atoms with Gasteiger partial charge in [0.05, 0.1) is 6.04 Å². The number of imidazole rings is 1. The molecule has 1 aliphatic heterocycles. The van der Waals surface area contributed by atoms with Crippen molar-refractivity contribution in [3.63, 3.8) is 0 Å². The summed E-state index contributed by atoms with van der Waals surface area (Å²) in [6, 6.07) is 7.32. The minimum absolute atomic E-state index is 0.239. The van der Waals surface area contributed by atoms with E-state index in [1.54, 1.807) is 41.3 Å². The van der Waals surface area contributed by atoms with E-state index in [-0.39, 0.29) is 24.5 Å². The third-order valence-electron chi connectivity index (χ3n) is 5.79. The van der Waals surface area contributed by atoms with E-state index in [9.17, 15) is 4.79 Å². The monoisotopic (exact) mass is 469 g/mol. The first kappa shape index (κ1) is 23.2. The van der Waals surface area contributed by atoms with Crippen LogP contribution in [0.3, 0.4) is 0 Å². The van der Waals surface area contributed by atoms with E-state index in [0.717, 1.165) is 37.2 Å². The number of nitrogens with zero attached hydrogens (tertiary/aromatic N) is 5. The topological polar surface area (TPSA) is 111 Å². The number of hydrogen-bond acceptors (Lipinski definition) is 7. The van der Waals surface area contributed by atoms with Gasteiger partial charge in [0.25, 0.3) is 5.91 Å². The maximum absolute atomic E-state index is 13.2. The smallest absolute Gasteiger partial charge is 0.274 e. The summed E-state index contributed by atoms with van der Waals surface area (Å²) < 4.78 is 7.15. The molecule has 174 valence electrons. The molecule has 3 heterocycles. The predicted molar refractivity (Wildman–Crippen MR) is 127 cm³/mol. The van der Waals surface area contributed by atoms with E-state index in [2.05, 4.69) is 20.3 Å². The second-order valence-corrected chi connectivity index (χ2v) is 8.56. The van der Waals surface area contributed by atoms with Crippen molar-refractivity contribution >= 4 is 23.5 Å². The molecule has 33 heavy (non-hydrogen) atoms. The zero-order valence-corrected chi connectivity index (χ0v) is 19.5. The molecule has 0 radical (unpaired) electrons.